The number of aliphatic hydroxyl groups is 1. The molecule has 1 amide bonds. The van der Waals surface area contributed by atoms with Crippen LogP contribution < -0.4 is 10.1 Å². The topological polar surface area (TPSA) is 114 Å². The molecule has 2 atom stereocenters. The Bertz CT molecular complexity index is 1030. The smallest absolute Gasteiger partial charge is 0.286 e. The van der Waals surface area contributed by atoms with E-state index in [4.69, 9.17) is 20.6 Å². The summed E-state index contributed by atoms with van der Waals surface area (Å²) < 4.78 is 44.3. The fraction of sp³-hybridized carbons (Fsp3) is 0.577. The zero-order chi connectivity index (χ0) is 26.0. The van der Waals surface area contributed by atoms with Crippen molar-refractivity contribution >= 4 is 15.9 Å². The van der Waals surface area contributed by atoms with Gasteiger partial charge in [-0.3, -0.25) is 4.79 Å². The fourth-order valence-corrected chi connectivity index (χ4v) is 6.12. The molecule has 1 saturated carbocycles. The molecule has 1 aromatic rings. The van der Waals surface area contributed by atoms with Gasteiger partial charge in [-0.2, -0.15) is 4.31 Å². The molecule has 0 bridgehead atoms. The van der Waals surface area contributed by atoms with Crippen LogP contribution in [0, 0.1) is 24.2 Å². The van der Waals surface area contributed by atoms with Gasteiger partial charge in [-0.05, 0) is 55.0 Å². The number of benzene rings is 1. The van der Waals surface area contributed by atoms with Gasteiger partial charge in [0.1, 0.15) is 5.75 Å². The first-order valence-corrected chi connectivity index (χ1v) is 13.8. The molecule has 10 heteroatoms. The van der Waals surface area contributed by atoms with Crippen molar-refractivity contribution in [1.82, 2.24) is 9.62 Å². The van der Waals surface area contributed by atoms with Crippen LogP contribution in [0.15, 0.2) is 41.0 Å². The maximum absolute atomic E-state index is 13.1. The number of methoxy groups -OCH3 is 1. The maximum Gasteiger partial charge on any atom is 0.286 e. The van der Waals surface area contributed by atoms with E-state index in [1.807, 2.05) is 6.08 Å². The fourth-order valence-electron chi connectivity index (χ4n) is 4.70. The standard InChI is InChI=1S/C26H36N2O7S/c1-3-13-27-26(30)24-18-21(20-7-5-4-6-8-20)19-25(35-24)34-17-15-28(14-16-29)36(31,32)23-11-9-22(33-2)10-12-23/h1,9-12,18,20-21,25,29H,4-8,13-17,19H2,2H3,(H,27,30)/t21-,25+/m1/s1. The van der Waals surface area contributed by atoms with Gasteiger partial charge >= 0.3 is 0 Å². The first kappa shape index (κ1) is 28.0. The van der Waals surface area contributed by atoms with Crippen LogP contribution >= 0.6 is 0 Å². The Labute approximate surface area is 213 Å². The summed E-state index contributed by atoms with van der Waals surface area (Å²) in [4.78, 5) is 12.6. The molecule has 1 aliphatic heterocycles. The summed E-state index contributed by atoms with van der Waals surface area (Å²) >= 11 is 0. The van der Waals surface area contributed by atoms with Crippen LogP contribution in [0.25, 0.3) is 0 Å². The molecular formula is C26H36N2O7S. The lowest BCUT2D eigenvalue weighted by Gasteiger charge is -2.35. The summed E-state index contributed by atoms with van der Waals surface area (Å²) in [7, 11) is -2.35. The number of hydrogen-bond acceptors (Lipinski definition) is 7. The number of allylic oxidation sites excluding steroid dienone is 1. The second-order valence-electron chi connectivity index (χ2n) is 8.94. The summed E-state index contributed by atoms with van der Waals surface area (Å²) in [6.07, 6.45) is 12.8. The van der Waals surface area contributed by atoms with Crippen molar-refractivity contribution in [2.45, 2.75) is 49.7 Å². The predicted octanol–water partition coefficient (Wildman–Crippen LogP) is 2.27. The molecule has 0 spiro atoms. The number of ether oxygens (including phenoxy) is 3. The van der Waals surface area contributed by atoms with E-state index in [2.05, 4.69) is 11.2 Å². The molecule has 0 saturated heterocycles. The average molecular weight is 521 g/mol. The normalized spacial score (nSPS) is 20.8. The Morgan fingerprint density at radius 3 is 2.58 bits per heavy atom. The number of carbonyl (C=O) groups excluding carboxylic acids is 1. The second kappa shape index (κ2) is 13.7. The summed E-state index contributed by atoms with van der Waals surface area (Å²) in [6.45, 7) is -0.255. The molecule has 36 heavy (non-hydrogen) atoms. The number of nitrogens with zero attached hydrogens (tertiary/aromatic N) is 1. The van der Waals surface area contributed by atoms with Crippen LogP contribution in [-0.2, 0) is 24.3 Å². The molecule has 1 aromatic carbocycles. The van der Waals surface area contributed by atoms with E-state index in [1.165, 1.54) is 42.8 Å². The van der Waals surface area contributed by atoms with Crippen molar-refractivity contribution in [3.05, 3.63) is 36.1 Å². The van der Waals surface area contributed by atoms with E-state index >= 15 is 0 Å². The van der Waals surface area contributed by atoms with E-state index in [9.17, 15) is 18.3 Å². The number of amides is 1. The third kappa shape index (κ3) is 7.46. The highest BCUT2D eigenvalue weighted by Gasteiger charge is 2.33. The molecule has 1 fully saturated rings. The number of terminal acetylenes is 1. The lowest BCUT2D eigenvalue weighted by atomic mass is 9.77. The highest BCUT2D eigenvalue weighted by molar-refractivity contribution is 7.89. The van der Waals surface area contributed by atoms with E-state index in [0.29, 0.717) is 18.1 Å². The number of nitrogens with one attached hydrogen (secondary N) is 1. The quantitative estimate of drug-likeness (QED) is 0.407. The molecule has 2 aliphatic rings. The molecular weight excluding hydrogens is 484 g/mol. The van der Waals surface area contributed by atoms with Crippen molar-refractivity contribution in [2.24, 2.45) is 11.8 Å². The Kier molecular flexibility index (Phi) is 10.6. The lowest BCUT2D eigenvalue weighted by molar-refractivity contribution is -0.151. The van der Waals surface area contributed by atoms with E-state index < -0.39 is 16.3 Å². The molecule has 9 nitrogen and oxygen atoms in total. The van der Waals surface area contributed by atoms with Gasteiger partial charge in [0.15, 0.2) is 5.76 Å². The highest BCUT2D eigenvalue weighted by Crippen LogP contribution is 2.37. The van der Waals surface area contributed by atoms with Crippen LogP contribution in [0.4, 0.5) is 0 Å². The van der Waals surface area contributed by atoms with Crippen molar-refractivity contribution < 1.29 is 32.5 Å². The molecule has 2 N–H and O–H groups in total. The number of sulfonamides is 1. The largest absolute Gasteiger partial charge is 0.497 e. The van der Waals surface area contributed by atoms with Gasteiger partial charge in [-0.25, -0.2) is 8.42 Å². The van der Waals surface area contributed by atoms with E-state index in [1.54, 1.807) is 12.1 Å². The summed E-state index contributed by atoms with van der Waals surface area (Å²) in [5.74, 6) is 3.31. The van der Waals surface area contributed by atoms with Crippen molar-refractivity contribution in [3.63, 3.8) is 0 Å². The number of hydrogen-bond donors (Lipinski definition) is 2. The molecule has 1 aliphatic carbocycles. The molecule has 198 valence electrons. The van der Waals surface area contributed by atoms with Gasteiger partial charge in [0.2, 0.25) is 16.3 Å². The monoisotopic (exact) mass is 520 g/mol. The average Bonchev–Trinajstić information content (AvgIpc) is 2.91. The highest BCUT2D eigenvalue weighted by atomic mass is 32.2. The Morgan fingerprint density at radius 1 is 1.22 bits per heavy atom. The van der Waals surface area contributed by atoms with Crippen LogP contribution in [-0.4, -0.2) is 70.0 Å². The Morgan fingerprint density at radius 2 is 1.94 bits per heavy atom. The SMILES string of the molecule is C#CCNC(=O)C1=C[C@@H](C2CCCCC2)C[C@@H](OCCN(CCO)S(=O)(=O)c2ccc(OC)cc2)O1. The van der Waals surface area contributed by atoms with Crippen molar-refractivity contribution in [2.75, 3.05) is 40.0 Å². The van der Waals surface area contributed by atoms with Crippen LogP contribution in [0.1, 0.15) is 38.5 Å². The van der Waals surface area contributed by atoms with Crippen molar-refractivity contribution in [1.29, 1.82) is 0 Å². The summed E-state index contributed by atoms with van der Waals surface area (Å²) in [6, 6.07) is 6.07. The first-order valence-electron chi connectivity index (χ1n) is 12.4. The maximum atomic E-state index is 13.1. The zero-order valence-corrected chi connectivity index (χ0v) is 21.5. The van der Waals surface area contributed by atoms with Gasteiger partial charge in [-0.15, -0.1) is 6.42 Å². The van der Waals surface area contributed by atoms with E-state index in [0.717, 1.165) is 12.8 Å². The van der Waals surface area contributed by atoms with Crippen LogP contribution in [0.3, 0.4) is 0 Å². The summed E-state index contributed by atoms with van der Waals surface area (Å²) in [5.41, 5.74) is 0. The molecule has 0 radical (unpaired) electrons. The van der Waals surface area contributed by atoms with Gasteiger partial charge < -0.3 is 24.6 Å². The molecule has 3 rings (SSSR count). The Balaban J connectivity index is 1.66. The first-order chi connectivity index (χ1) is 17.4. The second-order valence-corrected chi connectivity index (χ2v) is 10.9. The minimum absolute atomic E-state index is 0.0191. The zero-order valence-electron chi connectivity index (χ0n) is 20.7. The number of rotatable bonds is 12. The molecule has 0 aromatic heterocycles. The van der Waals surface area contributed by atoms with E-state index in [-0.39, 0.29) is 55.3 Å². The number of aliphatic hydroxyl groups excluding tert-OH is 1. The van der Waals surface area contributed by atoms with Gasteiger partial charge in [-0.1, -0.05) is 25.2 Å². The van der Waals surface area contributed by atoms with Gasteiger partial charge in [0, 0.05) is 19.5 Å². The minimum Gasteiger partial charge on any atom is -0.497 e. The molecule has 0 unspecified atom stereocenters. The summed E-state index contributed by atoms with van der Waals surface area (Å²) in [5, 5.41) is 12.1. The lowest BCUT2D eigenvalue weighted by Crippen LogP contribution is -2.39. The third-order valence-corrected chi connectivity index (χ3v) is 8.52. The van der Waals surface area contributed by atoms with Gasteiger partial charge in [0.05, 0.1) is 31.8 Å². The van der Waals surface area contributed by atoms with Crippen LogP contribution in [0.5, 0.6) is 5.75 Å². The van der Waals surface area contributed by atoms with Crippen LogP contribution in [0.2, 0.25) is 0 Å². The van der Waals surface area contributed by atoms with Crippen molar-refractivity contribution in [3.8, 4) is 18.1 Å². The minimum atomic E-state index is -3.85. The van der Waals surface area contributed by atoms with Gasteiger partial charge in [0.25, 0.3) is 5.91 Å². The molecule has 1 heterocycles. The third-order valence-electron chi connectivity index (χ3n) is 6.61. The Hall–Kier alpha value is -2.58. The predicted molar refractivity (Wildman–Crippen MR) is 134 cm³/mol. The number of carbonyl (C=O) groups is 1.